The van der Waals surface area contributed by atoms with Crippen LogP contribution in [-0.4, -0.2) is 45.7 Å². The number of amides is 1. The molecule has 0 bridgehead atoms. The lowest BCUT2D eigenvalue weighted by Crippen LogP contribution is -2.46. The molecule has 0 saturated carbocycles. The molecule has 2 aromatic heterocycles. The van der Waals surface area contributed by atoms with Gasteiger partial charge in [0, 0.05) is 35.3 Å². The van der Waals surface area contributed by atoms with Crippen molar-refractivity contribution in [3.63, 3.8) is 0 Å². The first-order chi connectivity index (χ1) is 17.0. The van der Waals surface area contributed by atoms with Gasteiger partial charge in [0.25, 0.3) is 11.2 Å². The first-order valence-electron chi connectivity index (χ1n) is 11.8. The van der Waals surface area contributed by atoms with Gasteiger partial charge in [0.1, 0.15) is 16.4 Å². The minimum atomic E-state index is -0.592. The van der Waals surface area contributed by atoms with Crippen molar-refractivity contribution in [2.24, 2.45) is 0 Å². The van der Waals surface area contributed by atoms with Crippen molar-refractivity contribution in [3.05, 3.63) is 55.1 Å². The van der Waals surface area contributed by atoms with Gasteiger partial charge in [-0.05, 0) is 57.5 Å². The molecule has 0 aliphatic carbocycles. The number of benzene rings is 1. The maximum Gasteiger partial charge on any atom is 0.410 e. The number of nitrogens with one attached hydrogen (secondary N) is 1. The van der Waals surface area contributed by atoms with Crippen molar-refractivity contribution in [2.75, 3.05) is 13.2 Å². The summed E-state index contributed by atoms with van der Waals surface area (Å²) >= 11 is 7.46. The Balaban J connectivity index is 1.66. The van der Waals surface area contributed by atoms with E-state index >= 15 is 0 Å². The lowest BCUT2D eigenvalue weighted by molar-refractivity contribution is -0.384. The number of piperidine rings is 1. The largest absolute Gasteiger partial charge is 0.492 e. The van der Waals surface area contributed by atoms with E-state index in [0.717, 1.165) is 19.3 Å². The molecular formula is C25H28ClN3O6S. The number of halogens is 1. The number of aromatic amines is 1. The first kappa shape index (κ1) is 26.0. The Morgan fingerprint density at radius 3 is 2.78 bits per heavy atom. The number of nitro groups is 1. The van der Waals surface area contributed by atoms with Crippen LogP contribution in [0.5, 0.6) is 5.75 Å². The zero-order valence-corrected chi connectivity index (χ0v) is 21.9. The predicted molar refractivity (Wildman–Crippen MR) is 140 cm³/mol. The van der Waals surface area contributed by atoms with E-state index in [-0.39, 0.29) is 40.8 Å². The summed E-state index contributed by atoms with van der Waals surface area (Å²) in [6.07, 6.45) is 2.88. The lowest BCUT2D eigenvalue weighted by atomic mass is 10.00. The summed E-state index contributed by atoms with van der Waals surface area (Å²) in [5.41, 5.74) is -0.592. The topological polar surface area (TPSA) is 115 Å². The normalized spacial score (nSPS) is 16.2. The van der Waals surface area contributed by atoms with Gasteiger partial charge in [0.15, 0.2) is 0 Å². The Morgan fingerprint density at radius 1 is 1.33 bits per heavy atom. The first-order valence-corrected chi connectivity index (χ1v) is 13.0. The molecule has 11 heteroatoms. The molecule has 36 heavy (non-hydrogen) atoms. The Bertz CT molecular complexity index is 1330. The number of H-pyrrole nitrogens is 1. The van der Waals surface area contributed by atoms with Gasteiger partial charge in [0.2, 0.25) is 0 Å². The number of aromatic nitrogens is 1. The van der Waals surface area contributed by atoms with Crippen LogP contribution in [0.15, 0.2) is 34.4 Å². The number of carbonyl (C=O) groups is 1. The van der Waals surface area contributed by atoms with Crippen LogP contribution in [-0.2, 0) is 4.74 Å². The SMILES string of the molecule is CC(C)(C)OC(=O)N1CCCCC1CCOc1c(-c2cccs2)c(=O)[nH]c2cc(Cl)c([N+](=O)[O-])cc12. The smallest absolute Gasteiger partial charge is 0.410 e. The van der Waals surface area contributed by atoms with Crippen molar-refractivity contribution in [3.8, 4) is 16.2 Å². The molecule has 1 atom stereocenters. The van der Waals surface area contributed by atoms with Crippen LogP contribution >= 0.6 is 22.9 Å². The van der Waals surface area contributed by atoms with E-state index in [2.05, 4.69) is 4.98 Å². The minimum absolute atomic E-state index is 0.0733. The molecule has 1 aromatic carbocycles. The number of pyridine rings is 1. The molecule has 1 N–H and O–H groups in total. The number of rotatable bonds is 6. The van der Waals surface area contributed by atoms with E-state index in [1.165, 1.54) is 23.5 Å². The standard InChI is InChI=1S/C25H28ClN3O6S/c1-25(2,3)35-24(31)28-10-5-4-7-15(28)9-11-34-22-16-13-19(29(32)33)17(26)14-18(16)27-23(30)21(22)20-8-6-12-36-20/h6,8,12-15H,4-5,7,9-11H2,1-3H3,(H,27,30). The van der Waals surface area contributed by atoms with E-state index in [9.17, 15) is 19.7 Å². The summed E-state index contributed by atoms with van der Waals surface area (Å²) in [7, 11) is 0. The molecule has 3 aromatic rings. The van der Waals surface area contributed by atoms with Crippen molar-refractivity contribution in [1.29, 1.82) is 0 Å². The molecule has 1 aliphatic rings. The average molecular weight is 534 g/mol. The lowest BCUT2D eigenvalue weighted by Gasteiger charge is -2.36. The molecule has 0 radical (unpaired) electrons. The predicted octanol–water partition coefficient (Wildman–Crippen LogP) is 6.38. The second-order valence-electron chi connectivity index (χ2n) is 9.70. The molecule has 1 saturated heterocycles. The number of nitrogens with zero attached hydrogens (tertiary/aromatic N) is 2. The molecule has 1 aliphatic heterocycles. The van der Waals surface area contributed by atoms with Gasteiger partial charge in [-0.25, -0.2) is 4.79 Å². The van der Waals surface area contributed by atoms with Crippen LogP contribution in [0.1, 0.15) is 46.5 Å². The number of thiophene rings is 1. The summed E-state index contributed by atoms with van der Waals surface area (Å²) < 4.78 is 11.8. The van der Waals surface area contributed by atoms with Gasteiger partial charge >= 0.3 is 6.09 Å². The third kappa shape index (κ3) is 5.65. The molecule has 9 nitrogen and oxygen atoms in total. The Morgan fingerprint density at radius 2 is 2.11 bits per heavy atom. The van der Waals surface area contributed by atoms with Gasteiger partial charge in [-0.1, -0.05) is 17.7 Å². The second kappa shape index (κ2) is 10.5. The number of ether oxygens (including phenoxy) is 2. The van der Waals surface area contributed by atoms with Crippen LogP contribution in [0.2, 0.25) is 5.02 Å². The quantitative estimate of drug-likeness (QED) is 0.290. The van der Waals surface area contributed by atoms with Gasteiger partial charge in [-0.15, -0.1) is 11.3 Å². The highest BCUT2D eigenvalue weighted by Crippen LogP contribution is 2.39. The molecule has 3 heterocycles. The van der Waals surface area contributed by atoms with E-state index in [0.29, 0.717) is 34.3 Å². The summed E-state index contributed by atoms with van der Waals surface area (Å²) in [5, 5.41) is 13.7. The Labute approximate surface area is 217 Å². The van der Waals surface area contributed by atoms with Crippen LogP contribution in [0.25, 0.3) is 21.3 Å². The number of hydrogen-bond acceptors (Lipinski definition) is 7. The average Bonchev–Trinajstić information content (AvgIpc) is 3.31. The van der Waals surface area contributed by atoms with Crippen LogP contribution in [0, 0.1) is 10.1 Å². The molecule has 1 unspecified atom stereocenters. The fourth-order valence-corrected chi connectivity index (χ4v) is 5.37. The Kier molecular flexibility index (Phi) is 7.56. The molecule has 1 fully saturated rings. The third-order valence-corrected chi connectivity index (χ3v) is 7.14. The number of hydrogen-bond donors (Lipinski definition) is 1. The van der Waals surface area contributed by atoms with Crippen LogP contribution in [0.4, 0.5) is 10.5 Å². The number of likely N-dealkylation sites (tertiary alicyclic amines) is 1. The van der Waals surface area contributed by atoms with Crippen LogP contribution < -0.4 is 10.3 Å². The summed E-state index contributed by atoms with van der Waals surface area (Å²) in [4.78, 5) is 42.0. The highest BCUT2D eigenvalue weighted by molar-refractivity contribution is 7.13. The van der Waals surface area contributed by atoms with Gasteiger partial charge in [0.05, 0.1) is 22.6 Å². The van der Waals surface area contributed by atoms with Crippen molar-refractivity contribution >= 4 is 45.6 Å². The molecular weight excluding hydrogens is 506 g/mol. The Hall–Kier alpha value is -3.11. The van der Waals surface area contributed by atoms with E-state index in [4.69, 9.17) is 21.1 Å². The number of fused-ring (bicyclic) bond motifs is 1. The minimum Gasteiger partial charge on any atom is -0.492 e. The molecule has 4 rings (SSSR count). The van der Waals surface area contributed by atoms with Crippen molar-refractivity contribution < 1.29 is 19.2 Å². The summed E-state index contributed by atoms with van der Waals surface area (Å²) in [5.74, 6) is 0.260. The fraction of sp³-hybridized carbons (Fsp3) is 0.440. The zero-order chi connectivity index (χ0) is 26.0. The maximum absolute atomic E-state index is 13.0. The molecule has 192 valence electrons. The molecule has 0 spiro atoms. The monoisotopic (exact) mass is 533 g/mol. The fourth-order valence-electron chi connectivity index (χ4n) is 4.37. The summed E-state index contributed by atoms with van der Waals surface area (Å²) in [6, 6.07) is 6.23. The highest BCUT2D eigenvalue weighted by Gasteiger charge is 2.30. The maximum atomic E-state index is 13.0. The number of carbonyl (C=O) groups excluding carboxylic acids is 1. The van der Waals surface area contributed by atoms with Gasteiger partial charge < -0.3 is 19.4 Å². The van der Waals surface area contributed by atoms with Gasteiger partial charge in [-0.2, -0.15) is 0 Å². The third-order valence-electron chi connectivity index (χ3n) is 5.95. The van der Waals surface area contributed by atoms with Gasteiger partial charge in [-0.3, -0.25) is 14.9 Å². The number of nitro benzene ring substituents is 1. The van der Waals surface area contributed by atoms with Crippen LogP contribution in [0.3, 0.4) is 0 Å². The zero-order valence-electron chi connectivity index (χ0n) is 20.3. The van der Waals surface area contributed by atoms with Crippen molar-refractivity contribution in [1.82, 2.24) is 9.88 Å². The van der Waals surface area contributed by atoms with E-state index < -0.39 is 10.5 Å². The van der Waals surface area contributed by atoms with E-state index in [1.54, 1.807) is 11.0 Å². The highest BCUT2D eigenvalue weighted by atomic mass is 35.5. The molecule has 1 amide bonds. The second-order valence-corrected chi connectivity index (χ2v) is 11.1. The van der Waals surface area contributed by atoms with E-state index in [1.807, 2.05) is 32.2 Å². The summed E-state index contributed by atoms with van der Waals surface area (Å²) in [6.45, 7) is 6.32. The van der Waals surface area contributed by atoms with Crippen molar-refractivity contribution in [2.45, 2.75) is 58.1 Å².